The first-order chi connectivity index (χ1) is 8.02. The Bertz CT molecular complexity index is 283. The maximum Gasteiger partial charge on any atom is 0.141 e. The van der Waals surface area contributed by atoms with E-state index in [0.29, 0.717) is 5.92 Å². The summed E-state index contributed by atoms with van der Waals surface area (Å²) in [6.07, 6.45) is 7.07. The van der Waals surface area contributed by atoms with Crippen LogP contribution in [0.5, 0.6) is 0 Å². The zero-order valence-corrected chi connectivity index (χ0v) is 10.9. The van der Waals surface area contributed by atoms with Crippen molar-refractivity contribution in [3.8, 4) is 0 Å². The minimum Gasteiger partial charge on any atom is -0.301 e. The van der Waals surface area contributed by atoms with Gasteiger partial charge in [-0.05, 0) is 30.4 Å². The van der Waals surface area contributed by atoms with E-state index < -0.39 is 0 Å². The van der Waals surface area contributed by atoms with Crippen molar-refractivity contribution >= 4 is 25.0 Å². The predicted molar refractivity (Wildman–Crippen MR) is 71.0 cm³/mol. The molecular weight excluding hydrogens is 216 g/mol. The lowest BCUT2D eigenvalue weighted by Gasteiger charge is -2.22. The minimum atomic E-state index is -0.0130. The monoisotopic (exact) mass is 238 g/mol. The van der Waals surface area contributed by atoms with Gasteiger partial charge >= 0.3 is 0 Å². The first-order valence-corrected chi connectivity index (χ1v) is 5.88. The summed E-state index contributed by atoms with van der Waals surface area (Å²) in [5.74, 6) is 0.475. The van der Waals surface area contributed by atoms with Crippen molar-refractivity contribution < 1.29 is 9.59 Å². The fourth-order valence-corrected chi connectivity index (χ4v) is 1.75. The van der Waals surface area contributed by atoms with Crippen LogP contribution in [0, 0.1) is 11.3 Å². The molecule has 0 aliphatic rings. The second kappa shape index (κ2) is 8.79. The molecule has 0 radical (unpaired) electrons. The average molecular weight is 238 g/mol. The molecular formula is C13H22N2O2. The number of carbonyl (C=O) groups excluding carboxylic acids is 2. The second-order valence-electron chi connectivity index (χ2n) is 4.91. The van der Waals surface area contributed by atoms with Gasteiger partial charge in [0.15, 0.2) is 0 Å². The number of nitrogens with zero attached hydrogens (tertiary/aromatic N) is 2. The molecule has 0 aliphatic heterocycles. The van der Waals surface area contributed by atoms with Gasteiger partial charge in [0, 0.05) is 6.21 Å². The van der Waals surface area contributed by atoms with Gasteiger partial charge in [0.05, 0.1) is 13.1 Å². The Morgan fingerprint density at radius 3 is 2.29 bits per heavy atom. The Hall–Kier alpha value is -1.32. The van der Waals surface area contributed by atoms with E-state index in [0.717, 1.165) is 25.4 Å². The topological polar surface area (TPSA) is 58.9 Å². The molecule has 4 nitrogen and oxygen atoms in total. The Morgan fingerprint density at radius 2 is 1.71 bits per heavy atom. The molecule has 0 aromatic rings. The van der Waals surface area contributed by atoms with E-state index in [1.807, 2.05) is 6.21 Å². The second-order valence-corrected chi connectivity index (χ2v) is 4.91. The maximum atomic E-state index is 10.2. The van der Waals surface area contributed by atoms with Gasteiger partial charge in [-0.25, -0.2) is 0 Å². The molecule has 0 amide bonds. The summed E-state index contributed by atoms with van der Waals surface area (Å²) in [6, 6.07) is 0. The maximum absolute atomic E-state index is 10.2. The summed E-state index contributed by atoms with van der Waals surface area (Å²) in [6.45, 7) is 6.82. The Balaban J connectivity index is 4.03. The van der Waals surface area contributed by atoms with Crippen molar-refractivity contribution in [3.63, 3.8) is 0 Å². The molecule has 0 N–H and O–H groups in total. The normalized spacial score (nSPS) is 14.3. The van der Waals surface area contributed by atoms with Crippen molar-refractivity contribution in [1.29, 1.82) is 0 Å². The van der Waals surface area contributed by atoms with Gasteiger partial charge in [-0.15, -0.1) is 0 Å². The van der Waals surface area contributed by atoms with Crippen LogP contribution >= 0.6 is 0 Å². The quantitative estimate of drug-likeness (QED) is 0.455. The largest absolute Gasteiger partial charge is 0.301 e. The third-order valence-electron chi connectivity index (χ3n) is 2.31. The number of hydrogen-bond acceptors (Lipinski definition) is 4. The Labute approximate surface area is 103 Å². The molecule has 0 bridgehead atoms. The predicted octanol–water partition coefficient (Wildman–Crippen LogP) is 1.97. The number of hydrogen-bond donors (Lipinski definition) is 0. The van der Waals surface area contributed by atoms with Crippen molar-refractivity contribution in [3.05, 3.63) is 0 Å². The zero-order chi connectivity index (χ0) is 13.1. The van der Waals surface area contributed by atoms with Gasteiger partial charge in [-0.1, -0.05) is 20.8 Å². The van der Waals surface area contributed by atoms with Gasteiger partial charge < -0.3 is 9.59 Å². The van der Waals surface area contributed by atoms with Crippen molar-refractivity contribution in [2.45, 2.75) is 33.6 Å². The molecule has 1 unspecified atom stereocenters. The van der Waals surface area contributed by atoms with Crippen LogP contribution in [-0.2, 0) is 9.59 Å². The Morgan fingerprint density at radius 1 is 1.12 bits per heavy atom. The highest BCUT2D eigenvalue weighted by molar-refractivity contribution is 5.67. The first kappa shape index (κ1) is 15.7. The SMILES string of the molecule is CC(CC=NCC=O)CC(C)(C)C=NCC=O. The number of carbonyl (C=O) groups is 2. The van der Waals surface area contributed by atoms with Crippen LogP contribution in [0.2, 0.25) is 0 Å². The van der Waals surface area contributed by atoms with Gasteiger partial charge in [-0.3, -0.25) is 9.98 Å². The molecule has 96 valence electrons. The van der Waals surface area contributed by atoms with E-state index in [1.165, 1.54) is 0 Å². The molecule has 0 aromatic heterocycles. The van der Waals surface area contributed by atoms with E-state index in [4.69, 9.17) is 0 Å². The highest BCUT2D eigenvalue weighted by Crippen LogP contribution is 2.24. The standard InChI is InChI=1S/C13H22N2O2/c1-12(4-5-14-6-8-16)10-13(2,3)11-15-7-9-17/h5,8-9,11-12H,4,6-7,10H2,1-3H3. The molecule has 0 fully saturated rings. The third-order valence-corrected chi connectivity index (χ3v) is 2.31. The summed E-state index contributed by atoms with van der Waals surface area (Å²) in [5, 5.41) is 0. The van der Waals surface area contributed by atoms with E-state index in [9.17, 15) is 9.59 Å². The Kier molecular flexibility index (Phi) is 8.11. The lowest BCUT2D eigenvalue weighted by atomic mass is 9.83. The smallest absolute Gasteiger partial charge is 0.141 e. The van der Waals surface area contributed by atoms with Crippen LogP contribution in [0.25, 0.3) is 0 Å². The zero-order valence-electron chi connectivity index (χ0n) is 10.9. The van der Waals surface area contributed by atoms with Crippen LogP contribution in [0.3, 0.4) is 0 Å². The van der Waals surface area contributed by atoms with Crippen molar-refractivity contribution in [2.75, 3.05) is 13.1 Å². The van der Waals surface area contributed by atoms with Gasteiger partial charge in [-0.2, -0.15) is 0 Å². The van der Waals surface area contributed by atoms with Gasteiger partial charge in [0.2, 0.25) is 0 Å². The summed E-state index contributed by atoms with van der Waals surface area (Å²) < 4.78 is 0. The fraction of sp³-hybridized carbons (Fsp3) is 0.692. The van der Waals surface area contributed by atoms with Crippen LogP contribution < -0.4 is 0 Å². The number of aldehydes is 2. The number of aliphatic imine (C=N–C) groups is 2. The van der Waals surface area contributed by atoms with E-state index in [1.54, 1.807) is 6.21 Å². The highest BCUT2D eigenvalue weighted by atomic mass is 16.1. The summed E-state index contributed by atoms with van der Waals surface area (Å²) in [7, 11) is 0. The molecule has 4 heteroatoms. The average Bonchev–Trinajstić information content (AvgIpc) is 2.24. The molecule has 0 saturated carbocycles. The van der Waals surface area contributed by atoms with Crippen LogP contribution in [-0.4, -0.2) is 38.1 Å². The minimum absolute atomic E-state index is 0.0130. The summed E-state index contributed by atoms with van der Waals surface area (Å²) >= 11 is 0. The van der Waals surface area contributed by atoms with Crippen LogP contribution in [0.15, 0.2) is 9.98 Å². The summed E-state index contributed by atoms with van der Waals surface area (Å²) in [5.41, 5.74) is -0.0130. The van der Waals surface area contributed by atoms with E-state index in [-0.39, 0.29) is 18.5 Å². The van der Waals surface area contributed by atoms with Crippen molar-refractivity contribution in [2.24, 2.45) is 21.3 Å². The summed E-state index contributed by atoms with van der Waals surface area (Å²) in [4.78, 5) is 28.2. The van der Waals surface area contributed by atoms with Gasteiger partial charge in [0.1, 0.15) is 12.6 Å². The molecule has 0 aliphatic carbocycles. The number of rotatable bonds is 9. The van der Waals surface area contributed by atoms with Crippen LogP contribution in [0.4, 0.5) is 0 Å². The highest BCUT2D eigenvalue weighted by Gasteiger charge is 2.18. The molecule has 0 spiro atoms. The molecule has 0 saturated heterocycles. The lowest BCUT2D eigenvalue weighted by Crippen LogP contribution is -2.18. The fourth-order valence-electron chi connectivity index (χ4n) is 1.75. The molecule has 17 heavy (non-hydrogen) atoms. The first-order valence-electron chi connectivity index (χ1n) is 5.88. The molecule has 1 atom stereocenters. The molecule has 0 rings (SSSR count). The van der Waals surface area contributed by atoms with Gasteiger partial charge in [0.25, 0.3) is 0 Å². The van der Waals surface area contributed by atoms with E-state index in [2.05, 4.69) is 30.8 Å². The van der Waals surface area contributed by atoms with Crippen LogP contribution in [0.1, 0.15) is 33.6 Å². The van der Waals surface area contributed by atoms with E-state index >= 15 is 0 Å². The molecule has 0 heterocycles. The lowest BCUT2D eigenvalue weighted by molar-refractivity contribution is -0.107. The molecule has 0 aromatic carbocycles. The van der Waals surface area contributed by atoms with Crippen molar-refractivity contribution in [1.82, 2.24) is 0 Å². The third kappa shape index (κ3) is 9.60.